The van der Waals surface area contributed by atoms with Crippen LogP contribution in [0.3, 0.4) is 0 Å². The zero-order valence-corrected chi connectivity index (χ0v) is 25.1. The van der Waals surface area contributed by atoms with Crippen molar-refractivity contribution in [2.75, 3.05) is 6.54 Å². The van der Waals surface area contributed by atoms with Crippen molar-refractivity contribution < 1.29 is 19.5 Å². The molecule has 3 aromatic rings. The lowest BCUT2D eigenvalue weighted by Crippen LogP contribution is -2.66. The molecular weight excluding hydrogens is 556 g/mol. The van der Waals surface area contributed by atoms with E-state index in [0.717, 1.165) is 24.8 Å². The fourth-order valence-corrected chi connectivity index (χ4v) is 6.55. The molecule has 222 valence electrons. The number of carbonyl (C=O) groups excluding carboxylic acids is 2. The lowest BCUT2D eigenvalue weighted by Gasteiger charge is -2.62. The number of nitriles is 1. The lowest BCUT2D eigenvalue weighted by molar-refractivity contribution is -0.191. The molecule has 1 aliphatic carbocycles. The van der Waals surface area contributed by atoms with Crippen molar-refractivity contribution in [2.45, 2.75) is 71.9 Å². The molecule has 1 aliphatic rings. The van der Waals surface area contributed by atoms with E-state index in [1.807, 2.05) is 23.0 Å². The van der Waals surface area contributed by atoms with E-state index in [2.05, 4.69) is 49.4 Å². The molecule has 0 radical (unpaired) electrons. The van der Waals surface area contributed by atoms with Gasteiger partial charge < -0.3 is 10.1 Å². The molecule has 4 rings (SSSR count). The number of nitrogens with zero attached hydrogens (tertiary/aromatic N) is 4. The number of rotatable bonds is 12. The van der Waals surface area contributed by atoms with E-state index in [1.165, 1.54) is 0 Å². The summed E-state index contributed by atoms with van der Waals surface area (Å²) in [5, 5.41) is 29.8. The summed E-state index contributed by atoms with van der Waals surface area (Å²) >= 11 is 6.22. The first-order valence-corrected chi connectivity index (χ1v) is 14.5. The number of carbonyl (C=O) groups is 2. The van der Waals surface area contributed by atoms with Gasteiger partial charge in [-0.1, -0.05) is 69.5 Å². The minimum atomic E-state index is -0.379. The van der Waals surface area contributed by atoms with Crippen LogP contribution in [-0.2, 0) is 4.79 Å². The molecule has 2 aromatic carbocycles. The van der Waals surface area contributed by atoms with Crippen LogP contribution in [0.25, 0.3) is 11.3 Å². The largest absolute Gasteiger partial charge is 0.489 e. The van der Waals surface area contributed by atoms with E-state index in [1.54, 1.807) is 35.8 Å². The smallest absolute Gasteiger partial charge is 0.251 e. The Bertz CT molecular complexity index is 1440. The van der Waals surface area contributed by atoms with Crippen LogP contribution in [0.1, 0.15) is 81.8 Å². The summed E-state index contributed by atoms with van der Waals surface area (Å²) in [6.07, 6.45) is 5.36. The third-order valence-corrected chi connectivity index (χ3v) is 8.35. The number of aromatic nitrogens is 3. The number of amides is 2. The molecule has 0 spiro atoms. The second-order valence-electron chi connectivity index (χ2n) is 11.9. The number of hydrogen-bond donors (Lipinski definition) is 3. The number of benzene rings is 2. The van der Waals surface area contributed by atoms with Gasteiger partial charge in [0.1, 0.15) is 23.6 Å². The minimum Gasteiger partial charge on any atom is -0.489 e. The third kappa shape index (κ3) is 6.58. The van der Waals surface area contributed by atoms with Gasteiger partial charge in [-0.05, 0) is 37.1 Å². The Morgan fingerprint density at radius 2 is 1.76 bits per heavy atom. The second kappa shape index (κ2) is 12.9. The van der Waals surface area contributed by atoms with Gasteiger partial charge in [-0.15, -0.1) is 5.10 Å². The number of ether oxygens (including phenoxy) is 1. The van der Waals surface area contributed by atoms with Crippen LogP contribution in [0, 0.1) is 22.2 Å². The Kier molecular flexibility index (Phi) is 9.54. The van der Waals surface area contributed by atoms with Gasteiger partial charge in [-0.3, -0.25) is 14.8 Å². The lowest BCUT2D eigenvalue weighted by atomic mass is 9.49. The zero-order valence-electron chi connectivity index (χ0n) is 24.4. The highest BCUT2D eigenvalue weighted by Gasteiger charge is 2.65. The van der Waals surface area contributed by atoms with Crippen molar-refractivity contribution in [1.82, 2.24) is 25.8 Å². The van der Waals surface area contributed by atoms with E-state index >= 15 is 0 Å². The summed E-state index contributed by atoms with van der Waals surface area (Å²) in [4.78, 5) is 23.6. The molecule has 3 N–H and O–H groups in total. The number of hydroxylamine groups is 1. The molecule has 0 aliphatic heterocycles. The van der Waals surface area contributed by atoms with Gasteiger partial charge in [-0.25, -0.2) is 10.2 Å². The highest BCUT2D eigenvalue weighted by Crippen LogP contribution is 2.62. The quantitative estimate of drug-likeness (QED) is 0.139. The van der Waals surface area contributed by atoms with Crippen molar-refractivity contribution in [1.29, 1.82) is 5.26 Å². The molecule has 1 fully saturated rings. The molecule has 1 saturated carbocycles. The second-order valence-corrected chi connectivity index (χ2v) is 12.3. The van der Waals surface area contributed by atoms with Gasteiger partial charge in [-0.2, -0.15) is 5.26 Å². The van der Waals surface area contributed by atoms with Gasteiger partial charge in [0.25, 0.3) is 5.91 Å². The van der Waals surface area contributed by atoms with Gasteiger partial charge >= 0.3 is 0 Å². The fourth-order valence-electron chi connectivity index (χ4n) is 6.34. The summed E-state index contributed by atoms with van der Waals surface area (Å²) in [6, 6.07) is 14.5. The highest BCUT2D eigenvalue weighted by atomic mass is 35.5. The SMILES string of the molecule is CC1(C)C(Oc2ccc(C#N)c(Cl)c2)C(C)(C)C1n1cc(-c2ccc(C(=O)NCCCCCCC(=O)NO)cc2)nn1. The molecule has 42 heavy (non-hydrogen) atoms. The van der Waals surface area contributed by atoms with Crippen molar-refractivity contribution in [3.05, 3.63) is 64.8 Å². The number of unbranched alkanes of at least 4 members (excludes halogenated alkanes) is 3. The Labute approximate surface area is 251 Å². The van der Waals surface area contributed by atoms with Crippen molar-refractivity contribution in [2.24, 2.45) is 10.8 Å². The van der Waals surface area contributed by atoms with Crippen LogP contribution in [-0.4, -0.2) is 44.7 Å². The monoisotopic (exact) mass is 592 g/mol. The molecule has 10 nitrogen and oxygen atoms in total. The molecule has 11 heteroatoms. The molecule has 2 amide bonds. The Balaban J connectivity index is 1.33. The summed E-state index contributed by atoms with van der Waals surface area (Å²) in [5.41, 5.74) is 3.63. The number of halogens is 1. The van der Waals surface area contributed by atoms with Crippen LogP contribution in [0.5, 0.6) is 5.75 Å². The molecule has 0 saturated heterocycles. The van der Waals surface area contributed by atoms with Crippen LogP contribution >= 0.6 is 11.6 Å². The maximum Gasteiger partial charge on any atom is 0.251 e. The first-order chi connectivity index (χ1) is 20.0. The molecule has 1 aromatic heterocycles. The molecule has 0 bridgehead atoms. The van der Waals surface area contributed by atoms with Crippen LogP contribution in [0.15, 0.2) is 48.7 Å². The third-order valence-electron chi connectivity index (χ3n) is 8.03. The first-order valence-electron chi connectivity index (χ1n) is 14.1. The maximum absolute atomic E-state index is 12.5. The molecular formula is C31H37ClN6O4. The van der Waals surface area contributed by atoms with E-state index in [0.29, 0.717) is 47.0 Å². The van der Waals surface area contributed by atoms with Gasteiger partial charge in [0, 0.05) is 41.0 Å². The van der Waals surface area contributed by atoms with Crippen LogP contribution in [0.4, 0.5) is 0 Å². The molecule has 0 unspecified atom stereocenters. The van der Waals surface area contributed by atoms with Crippen molar-refractivity contribution in [3.8, 4) is 23.1 Å². The minimum absolute atomic E-state index is 0.0157. The average Bonchev–Trinajstić information content (AvgIpc) is 3.43. The van der Waals surface area contributed by atoms with Gasteiger partial charge in [0.2, 0.25) is 5.91 Å². The summed E-state index contributed by atoms with van der Waals surface area (Å²) < 4.78 is 8.29. The first kappa shape index (κ1) is 31.0. The Morgan fingerprint density at radius 3 is 2.40 bits per heavy atom. The summed E-state index contributed by atoms with van der Waals surface area (Å²) in [5.74, 6) is 0.101. The molecule has 1 heterocycles. The van der Waals surface area contributed by atoms with Crippen LogP contribution in [0.2, 0.25) is 5.02 Å². The summed E-state index contributed by atoms with van der Waals surface area (Å²) in [7, 11) is 0. The van der Waals surface area contributed by atoms with E-state index in [4.69, 9.17) is 26.8 Å². The van der Waals surface area contributed by atoms with Gasteiger partial charge in [0.15, 0.2) is 0 Å². The predicted octanol–water partition coefficient (Wildman–Crippen LogP) is 5.71. The van der Waals surface area contributed by atoms with Crippen molar-refractivity contribution >= 4 is 23.4 Å². The Morgan fingerprint density at radius 1 is 1.07 bits per heavy atom. The van der Waals surface area contributed by atoms with Crippen molar-refractivity contribution in [3.63, 3.8) is 0 Å². The van der Waals surface area contributed by atoms with Gasteiger partial charge in [0.05, 0.1) is 22.8 Å². The summed E-state index contributed by atoms with van der Waals surface area (Å²) in [6.45, 7) is 9.12. The maximum atomic E-state index is 12.5. The number of hydrogen-bond acceptors (Lipinski definition) is 7. The normalized spacial score (nSPS) is 18.4. The van der Waals surface area contributed by atoms with E-state index in [9.17, 15) is 9.59 Å². The topological polar surface area (TPSA) is 142 Å². The average molecular weight is 593 g/mol. The standard InChI is InChI=1S/C31H37ClN6O4/c1-30(2)28(31(3,4)29(30)42-23-15-14-22(18-33)24(32)17-23)38-19-25(35-37-38)20-10-12-21(13-11-20)27(40)34-16-8-6-5-7-9-26(39)36-41/h10-15,17,19,28-29,41H,5-9,16H2,1-4H3,(H,34,40)(H,36,39). The predicted molar refractivity (Wildman–Crippen MR) is 158 cm³/mol. The van der Waals surface area contributed by atoms with E-state index in [-0.39, 0.29) is 34.8 Å². The van der Waals surface area contributed by atoms with E-state index < -0.39 is 0 Å². The fraction of sp³-hybridized carbons (Fsp3) is 0.452. The molecule has 0 atom stereocenters. The van der Waals surface area contributed by atoms with Crippen LogP contribution < -0.4 is 15.5 Å². The zero-order chi connectivity index (χ0) is 30.5. The Hall–Kier alpha value is -3.94. The highest BCUT2D eigenvalue weighted by molar-refractivity contribution is 6.31. The number of nitrogens with one attached hydrogen (secondary N) is 2.